The lowest BCUT2D eigenvalue weighted by atomic mass is 10.1. The minimum absolute atomic E-state index is 0.100. The highest BCUT2D eigenvalue weighted by Gasteiger charge is 2.39. The Bertz CT molecular complexity index is 456. The Kier molecular flexibility index (Phi) is 4.38. The molecule has 2 heterocycles. The zero-order valence-electron chi connectivity index (χ0n) is 12.5. The molecule has 19 heavy (non-hydrogen) atoms. The second-order valence-electron chi connectivity index (χ2n) is 6.22. The van der Waals surface area contributed by atoms with Gasteiger partial charge in [0.15, 0.2) is 0 Å². The fraction of sp³-hybridized carbons (Fsp3) is 0.857. The average molecular weight is 286 g/mol. The summed E-state index contributed by atoms with van der Waals surface area (Å²) in [5, 5.41) is -0.218. The quantitative estimate of drug-likeness (QED) is 0.743. The van der Waals surface area contributed by atoms with Crippen LogP contribution in [0.2, 0.25) is 0 Å². The van der Waals surface area contributed by atoms with E-state index in [1.54, 1.807) is 4.31 Å². The van der Waals surface area contributed by atoms with Crippen LogP contribution < -0.4 is 0 Å². The summed E-state index contributed by atoms with van der Waals surface area (Å²) in [5.74, 6) is 0. The fourth-order valence-electron chi connectivity index (χ4n) is 3.09. The third-order valence-corrected chi connectivity index (χ3v) is 6.77. The van der Waals surface area contributed by atoms with Gasteiger partial charge in [-0.1, -0.05) is 11.6 Å². The maximum atomic E-state index is 12.7. The maximum absolute atomic E-state index is 12.7. The van der Waals surface area contributed by atoms with Crippen LogP contribution in [0.15, 0.2) is 11.6 Å². The molecular weight excluding hydrogens is 260 g/mol. The van der Waals surface area contributed by atoms with E-state index in [2.05, 4.69) is 25.7 Å². The summed E-state index contributed by atoms with van der Waals surface area (Å²) in [6.45, 7) is 10.5. The zero-order chi connectivity index (χ0) is 14.2. The lowest BCUT2D eigenvalue weighted by Gasteiger charge is -2.33. The first-order valence-electron chi connectivity index (χ1n) is 7.22. The molecule has 0 amide bonds. The zero-order valence-corrected chi connectivity index (χ0v) is 13.3. The molecule has 0 N–H and O–H groups in total. The van der Waals surface area contributed by atoms with Gasteiger partial charge < -0.3 is 0 Å². The largest absolute Gasteiger partial charge is 0.300 e. The van der Waals surface area contributed by atoms with Gasteiger partial charge in [-0.15, -0.1) is 0 Å². The first kappa shape index (κ1) is 15.0. The second-order valence-corrected chi connectivity index (χ2v) is 8.38. The normalized spacial score (nSPS) is 30.9. The summed E-state index contributed by atoms with van der Waals surface area (Å²) in [5.41, 5.74) is 1.30. The Morgan fingerprint density at radius 3 is 2.58 bits per heavy atom. The van der Waals surface area contributed by atoms with Crippen molar-refractivity contribution in [3.63, 3.8) is 0 Å². The van der Waals surface area contributed by atoms with Gasteiger partial charge in [0.05, 0.1) is 5.25 Å². The van der Waals surface area contributed by atoms with E-state index in [4.69, 9.17) is 0 Å². The highest BCUT2D eigenvalue weighted by molar-refractivity contribution is 7.89. The van der Waals surface area contributed by atoms with Gasteiger partial charge in [0.1, 0.15) is 0 Å². The Hall–Kier alpha value is -0.390. The Labute approximate surface area is 117 Å². The van der Waals surface area contributed by atoms with Crippen LogP contribution in [0, 0.1) is 0 Å². The molecule has 2 unspecified atom stereocenters. The smallest absolute Gasteiger partial charge is 0.218 e. The van der Waals surface area contributed by atoms with Crippen LogP contribution >= 0.6 is 0 Å². The standard InChI is InChI=1S/C14H26N2O2S/c1-11(2)15-7-6-14(10-15)19(17,18)16-8-5-12(3)9-13(16)4/h5,11,13-14H,6-10H2,1-4H3. The predicted molar refractivity (Wildman–Crippen MR) is 78.6 cm³/mol. The molecule has 0 saturated carbocycles. The molecule has 2 aliphatic rings. The SMILES string of the molecule is CC1=CCN(S(=O)(=O)C2CCN(C(C)C)C2)C(C)C1. The minimum atomic E-state index is -3.15. The van der Waals surface area contributed by atoms with E-state index in [0.717, 1.165) is 19.4 Å². The lowest BCUT2D eigenvalue weighted by Crippen LogP contribution is -2.46. The molecule has 0 spiro atoms. The molecular formula is C14H26N2O2S. The summed E-state index contributed by atoms with van der Waals surface area (Å²) in [6, 6.07) is 0.532. The van der Waals surface area contributed by atoms with Crippen LogP contribution in [-0.4, -0.2) is 54.6 Å². The van der Waals surface area contributed by atoms with Crippen molar-refractivity contribution in [1.29, 1.82) is 0 Å². The molecule has 1 fully saturated rings. The summed E-state index contributed by atoms with van der Waals surface area (Å²) in [7, 11) is -3.15. The molecule has 0 aliphatic carbocycles. The third kappa shape index (κ3) is 3.03. The summed E-state index contributed by atoms with van der Waals surface area (Å²) in [6.07, 6.45) is 3.68. The molecule has 2 atom stereocenters. The predicted octanol–water partition coefficient (Wildman–Crippen LogP) is 1.84. The van der Waals surface area contributed by atoms with Crippen LogP contribution in [0.4, 0.5) is 0 Å². The number of hydrogen-bond donors (Lipinski definition) is 0. The fourth-order valence-corrected chi connectivity index (χ4v) is 5.11. The first-order chi connectivity index (χ1) is 8.82. The minimum Gasteiger partial charge on any atom is -0.300 e. The summed E-state index contributed by atoms with van der Waals surface area (Å²) < 4.78 is 27.2. The Morgan fingerprint density at radius 2 is 2.05 bits per heavy atom. The molecule has 4 nitrogen and oxygen atoms in total. The molecule has 1 saturated heterocycles. The van der Waals surface area contributed by atoms with Crippen molar-refractivity contribution < 1.29 is 8.42 Å². The van der Waals surface area contributed by atoms with Crippen molar-refractivity contribution in [1.82, 2.24) is 9.21 Å². The lowest BCUT2D eigenvalue weighted by molar-refractivity contribution is 0.274. The van der Waals surface area contributed by atoms with Gasteiger partial charge in [0, 0.05) is 25.2 Å². The van der Waals surface area contributed by atoms with Crippen LogP contribution in [-0.2, 0) is 10.0 Å². The van der Waals surface area contributed by atoms with E-state index in [1.807, 2.05) is 13.0 Å². The van der Waals surface area contributed by atoms with E-state index in [0.29, 0.717) is 19.1 Å². The molecule has 2 aliphatic heterocycles. The topological polar surface area (TPSA) is 40.6 Å². The number of likely N-dealkylation sites (tertiary alicyclic amines) is 1. The molecule has 0 aromatic heterocycles. The van der Waals surface area contributed by atoms with Crippen molar-refractivity contribution in [2.75, 3.05) is 19.6 Å². The molecule has 0 aromatic carbocycles. The van der Waals surface area contributed by atoms with Crippen LogP contribution in [0.1, 0.15) is 40.5 Å². The number of rotatable bonds is 3. The second kappa shape index (κ2) is 5.54. The van der Waals surface area contributed by atoms with Crippen molar-refractivity contribution in [3.05, 3.63) is 11.6 Å². The summed E-state index contributed by atoms with van der Waals surface area (Å²) >= 11 is 0. The number of hydrogen-bond acceptors (Lipinski definition) is 3. The van der Waals surface area contributed by atoms with E-state index in [-0.39, 0.29) is 11.3 Å². The van der Waals surface area contributed by atoms with Gasteiger partial charge in [-0.3, -0.25) is 4.90 Å². The van der Waals surface area contributed by atoms with Gasteiger partial charge in [-0.25, -0.2) is 8.42 Å². The van der Waals surface area contributed by atoms with Crippen LogP contribution in [0.5, 0.6) is 0 Å². The Morgan fingerprint density at radius 1 is 1.37 bits per heavy atom. The van der Waals surface area contributed by atoms with Gasteiger partial charge in [-0.05, 0) is 47.1 Å². The highest BCUT2D eigenvalue weighted by Crippen LogP contribution is 2.27. The Balaban J connectivity index is 2.11. The highest BCUT2D eigenvalue weighted by atomic mass is 32.2. The monoisotopic (exact) mass is 286 g/mol. The van der Waals surface area contributed by atoms with Crippen molar-refractivity contribution in [2.45, 2.75) is 57.9 Å². The first-order valence-corrected chi connectivity index (χ1v) is 8.73. The third-order valence-electron chi connectivity index (χ3n) is 4.38. The van der Waals surface area contributed by atoms with Crippen LogP contribution in [0.3, 0.4) is 0 Å². The van der Waals surface area contributed by atoms with E-state index < -0.39 is 10.0 Å². The van der Waals surface area contributed by atoms with Gasteiger partial charge >= 0.3 is 0 Å². The number of sulfonamides is 1. The van der Waals surface area contributed by atoms with Crippen molar-refractivity contribution in [2.24, 2.45) is 0 Å². The van der Waals surface area contributed by atoms with E-state index >= 15 is 0 Å². The molecule has 2 rings (SSSR count). The molecule has 0 bridgehead atoms. The number of nitrogens with zero attached hydrogens (tertiary/aromatic N) is 2. The summed E-state index contributed by atoms with van der Waals surface area (Å²) in [4.78, 5) is 2.26. The molecule has 110 valence electrons. The van der Waals surface area contributed by atoms with Crippen LogP contribution in [0.25, 0.3) is 0 Å². The molecule has 0 aromatic rings. The van der Waals surface area contributed by atoms with Gasteiger partial charge in [0.25, 0.3) is 0 Å². The van der Waals surface area contributed by atoms with Crippen molar-refractivity contribution >= 4 is 10.0 Å². The maximum Gasteiger partial charge on any atom is 0.218 e. The van der Waals surface area contributed by atoms with Gasteiger partial charge in [-0.2, -0.15) is 4.31 Å². The molecule has 0 radical (unpaired) electrons. The van der Waals surface area contributed by atoms with E-state index in [9.17, 15) is 8.42 Å². The molecule has 5 heteroatoms. The van der Waals surface area contributed by atoms with Gasteiger partial charge in [0.2, 0.25) is 10.0 Å². The van der Waals surface area contributed by atoms with E-state index in [1.165, 1.54) is 5.57 Å². The van der Waals surface area contributed by atoms with Crippen molar-refractivity contribution in [3.8, 4) is 0 Å². The average Bonchev–Trinajstić information content (AvgIpc) is 2.78.